The Morgan fingerprint density at radius 3 is 2.33 bits per heavy atom. The first-order chi connectivity index (χ1) is 9.97. The third-order valence-corrected chi connectivity index (χ3v) is 7.62. The monoisotopic (exact) mass is 301 g/mol. The molecule has 0 spiro atoms. The van der Waals surface area contributed by atoms with Gasteiger partial charge in [-0.3, -0.25) is 4.57 Å². The molecule has 1 N–H and O–H groups in total. The zero-order valence-electron chi connectivity index (χ0n) is 12.5. The molecular weight excluding hydrogens is 281 g/mol. The van der Waals surface area contributed by atoms with Crippen molar-refractivity contribution >= 4 is 18.4 Å². The molecule has 21 heavy (non-hydrogen) atoms. The normalized spacial score (nSPS) is 27.6. The molecule has 2 aromatic carbocycles. The Kier molecular flexibility index (Phi) is 3.33. The van der Waals surface area contributed by atoms with Crippen molar-refractivity contribution in [2.24, 2.45) is 5.92 Å². The van der Waals surface area contributed by atoms with Crippen molar-refractivity contribution in [1.82, 2.24) is 0 Å². The lowest BCUT2D eigenvalue weighted by Crippen LogP contribution is -2.46. The summed E-state index contributed by atoms with van der Waals surface area (Å²) >= 11 is 0. The van der Waals surface area contributed by atoms with Gasteiger partial charge in [-0.2, -0.15) is 0 Å². The fourth-order valence-electron chi connectivity index (χ4n) is 2.66. The molecule has 0 saturated heterocycles. The lowest BCUT2D eigenvalue weighted by Gasteiger charge is -2.45. The van der Waals surface area contributed by atoms with Gasteiger partial charge in [0.15, 0.2) is 0 Å². The van der Waals surface area contributed by atoms with Crippen molar-refractivity contribution in [3.63, 3.8) is 0 Å². The van der Waals surface area contributed by atoms with Gasteiger partial charge in [-0.05, 0) is 37.1 Å². The topological polar surface area (TPSA) is 38.3 Å². The Balaban J connectivity index is 2.20. The molecule has 1 aliphatic heterocycles. The molecule has 0 aliphatic carbocycles. The molecular formula is C17H20NO2P. The first-order valence-corrected chi connectivity index (χ1v) is 8.82. The standard InChI is InChI=1S/C17H20NO2P/c1-13(2)17(3)18-15-11-7-8-12-16(15)20-21(17,19)14-9-5-4-6-10-14/h4-13,18H,1-3H3/t17-,21-/m1/s1. The highest BCUT2D eigenvalue weighted by molar-refractivity contribution is 7.69. The molecule has 4 heteroatoms. The maximum Gasteiger partial charge on any atom is 0.301 e. The molecule has 0 unspecified atom stereocenters. The minimum absolute atomic E-state index is 0.150. The average Bonchev–Trinajstić information content (AvgIpc) is 2.49. The summed E-state index contributed by atoms with van der Waals surface area (Å²) in [6, 6.07) is 17.2. The molecule has 0 aromatic heterocycles. The Labute approximate surface area is 125 Å². The number of fused-ring (bicyclic) bond motifs is 1. The van der Waals surface area contributed by atoms with Crippen LogP contribution in [0.1, 0.15) is 20.8 Å². The molecule has 1 heterocycles. The van der Waals surface area contributed by atoms with E-state index in [2.05, 4.69) is 19.2 Å². The van der Waals surface area contributed by atoms with Crippen LogP contribution in [0.2, 0.25) is 0 Å². The van der Waals surface area contributed by atoms with Crippen molar-refractivity contribution in [3.05, 3.63) is 54.6 Å². The highest BCUT2D eigenvalue weighted by Gasteiger charge is 2.53. The molecule has 1 aliphatic rings. The molecule has 110 valence electrons. The number of rotatable bonds is 2. The SMILES string of the molecule is CC(C)[C@]1(C)Nc2ccccc2O[P@]1(=O)c1ccccc1. The molecule has 2 aromatic rings. The van der Waals surface area contributed by atoms with Gasteiger partial charge in [0.2, 0.25) is 0 Å². The molecule has 3 nitrogen and oxygen atoms in total. The van der Waals surface area contributed by atoms with Crippen molar-refractivity contribution in [2.75, 3.05) is 5.32 Å². The molecule has 0 amide bonds. The van der Waals surface area contributed by atoms with Crippen LogP contribution in [0.5, 0.6) is 5.75 Å². The van der Waals surface area contributed by atoms with Gasteiger partial charge in [0.05, 0.1) is 11.0 Å². The summed E-state index contributed by atoms with van der Waals surface area (Å²) in [6.07, 6.45) is 0. The Morgan fingerprint density at radius 1 is 1.05 bits per heavy atom. The van der Waals surface area contributed by atoms with Gasteiger partial charge >= 0.3 is 7.37 Å². The second kappa shape index (κ2) is 4.92. The molecule has 0 bridgehead atoms. The van der Waals surface area contributed by atoms with Crippen LogP contribution in [-0.4, -0.2) is 5.28 Å². The van der Waals surface area contributed by atoms with Gasteiger partial charge in [-0.25, -0.2) is 0 Å². The number of hydrogen-bond donors (Lipinski definition) is 1. The summed E-state index contributed by atoms with van der Waals surface area (Å²) in [5.41, 5.74) is 0.899. The average molecular weight is 301 g/mol. The highest BCUT2D eigenvalue weighted by atomic mass is 31.2. The maximum atomic E-state index is 13.8. The Morgan fingerprint density at radius 2 is 1.67 bits per heavy atom. The minimum atomic E-state index is -3.09. The van der Waals surface area contributed by atoms with E-state index in [1.165, 1.54) is 0 Å². The van der Waals surface area contributed by atoms with Gasteiger partial charge in [0.1, 0.15) is 11.0 Å². The third kappa shape index (κ3) is 2.08. The van der Waals surface area contributed by atoms with Crippen LogP contribution in [-0.2, 0) is 4.57 Å². The molecule has 0 radical (unpaired) electrons. The van der Waals surface area contributed by atoms with E-state index in [4.69, 9.17) is 4.52 Å². The summed E-state index contributed by atoms with van der Waals surface area (Å²) in [7, 11) is -3.09. The van der Waals surface area contributed by atoms with Crippen LogP contribution in [0.15, 0.2) is 54.6 Å². The summed E-state index contributed by atoms with van der Waals surface area (Å²) in [6.45, 7) is 6.13. The van der Waals surface area contributed by atoms with Crippen LogP contribution in [0.25, 0.3) is 0 Å². The van der Waals surface area contributed by atoms with Gasteiger partial charge in [0, 0.05) is 0 Å². The maximum absolute atomic E-state index is 13.8. The van der Waals surface area contributed by atoms with E-state index in [-0.39, 0.29) is 5.92 Å². The highest BCUT2D eigenvalue weighted by Crippen LogP contribution is 2.64. The van der Waals surface area contributed by atoms with Crippen LogP contribution in [0, 0.1) is 5.92 Å². The van der Waals surface area contributed by atoms with Crippen molar-refractivity contribution in [1.29, 1.82) is 0 Å². The minimum Gasteiger partial charge on any atom is -0.436 e. The third-order valence-electron chi connectivity index (χ3n) is 4.33. The Hall–Kier alpha value is -1.73. The van der Waals surface area contributed by atoms with Crippen LogP contribution in [0.4, 0.5) is 5.69 Å². The van der Waals surface area contributed by atoms with Gasteiger partial charge < -0.3 is 9.84 Å². The summed E-state index contributed by atoms with van der Waals surface area (Å²) < 4.78 is 19.9. The van der Waals surface area contributed by atoms with E-state index in [0.717, 1.165) is 11.0 Å². The molecule has 0 fully saturated rings. The number of nitrogens with one attached hydrogen (secondary N) is 1. The van der Waals surface area contributed by atoms with Gasteiger partial charge in [0.25, 0.3) is 0 Å². The Bertz CT molecular complexity index is 699. The fourth-order valence-corrected chi connectivity index (χ4v) is 5.44. The number of benzene rings is 2. The predicted molar refractivity (Wildman–Crippen MR) is 87.6 cm³/mol. The first-order valence-electron chi connectivity index (χ1n) is 7.20. The van der Waals surface area contributed by atoms with E-state index in [9.17, 15) is 4.57 Å². The van der Waals surface area contributed by atoms with E-state index in [0.29, 0.717) is 5.75 Å². The smallest absolute Gasteiger partial charge is 0.301 e. The number of anilines is 1. The summed E-state index contributed by atoms with van der Waals surface area (Å²) in [5.74, 6) is 0.805. The van der Waals surface area contributed by atoms with E-state index in [1.807, 2.05) is 61.5 Å². The number of hydrogen-bond acceptors (Lipinski definition) is 3. The number of para-hydroxylation sites is 2. The van der Waals surface area contributed by atoms with E-state index < -0.39 is 12.6 Å². The molecule has 0 saturated carbocycles. The van der Waals surface area contributed by atoms with Crippen molar-refractivity contribution in [2.45, 2.75) is 26.1 Å². The van der Waals surface area contributed by atoms with E-state index in [1.54, 1.807) is 0 Å². The van der Waals surface area contributed by atoms with Crippen molar-refractivity contribution < 1.29 is 9.09 Å². The lowest BCUT2D eigenvalue weighted by atomic mass is 10.0. The van der Waals surface area contributed by atoms with Gasteiger partial charge in [-0.1, -0.05) is 44.2 Å². The summed E-state index contributed by atoms with van der Waals surface area (Å²) in [5, 5.41) is 3.59. The predicted octanol–water partition coefficient (Wildman–Crippen LogP) is 4.47. The second-order valence-corrected chi connectivity index (χ2v) is 8.63. The first kappa shape index (κ1) is 14.2. The van der Waals surface area contributed by atoms with Crippen LogP contribution < -0.4 is 15.1 Å². The van der Waals surface area contributed by atoms with Crippen LogP contribution in [0.3, 0.4) is 0 Å². The lowest BCUT2D eigenvalue weighted by molar-refractivity contribution is 0.396. The molecule has 3 rings (SSSR count). The fraction of sp³-hybridized carbons (Fsp3) is 0.294. The molecule has 2 atom stereocenters. The van der Waals surface area contributed by atoms with Crippen LogP contribution >= 0.6 is 7.37 Å². The summed E-state index contributed by atoms with van der Waals surface area (Å²) in [4.78, 5) is 0. The largest absolute Gasteiger partial charge is 0.436 e. The zero-order chi connectivity index (χ0) is 15.1. The zero-order valence-corrected chi connectivity index (χ0v) is 13.4. The van der Waals surface area contributed by atoms with Crippen molar-refractivity contribution in [3.8, 4) is 5.75 Å². The second-order valence-electron chi connectivity index (χ2n) is 5.90. The van der Waals surface area contributed by atoms with E-state index >= 15 is 0 Å². The quantitative estimate of drug-likeness (QED) is 0.832. The van der Waals surface area contributed by atoms with Gasteiger partial charge in [-0.15, -0.1) is 0 Å².